The van der Waals surface area contributed by atoms with Gasteiger partial charge in [-0.15, -0.1) is 0 Å². The third kappa shape index (κ3) is 3.89. The molecule has 0 aliphatic heterocycles. The van der Waals surface area contributed by atoms with E-state index in [9.17, 15) is 4.79 Å². The quantitative estimate of drug-likeness (QED) is 0.870. The van der Waals surface area contributed by atoms with E-state index in [4.69, 9.17) is 16.3 Å². The fraction of sp³-hybridized carbons (Fsp3) is 0.188. The first-order chi connectivity index (χ1) is 9.99. The number of methoxy groups -OCH3 is 1. The summed E-state index contributed by atoms with van der Waals surface area (Å²) in [5.74, 6) is 0.609. The van der Waals surface area contributed by atoms with Crippen LogP contribution in [0.5, 0.6) is 5.75 Å². The van der Waals surface area contributed by atoms with Crippen LogP contribution in [0.25, 0.3) is 0 Å². The number of halogens is 1. The van der Waals surface area contributed by atoms with Crippen LogP contribution in [-0.2, 0) is 0 Å². The molecule has 0 unspecified atom stereocenters. The highest BCUT2D eigenvalue weighted by atomic mass is 35.5. The summed E-state index contributed by atoms with van der Waals surface area (Å²) < 4.78 is 5.22. The van der Waals surface area contributed by atoms with Gasteiger partial charge in [0.15, 0.2) is 0 Å². The lowest BCUT2D eigenvalue weighted by Crippen LogP contribution is -2.19. The van der Waals surface area contributed by atoms with Crippen molar-refractivity contribution in [2.24, 2.45) is 0 Å². The smallest absolute Gasteiger partial charge is 0.323 e. The van der Waals surface area contributed by atoms with Gasteiger partial charge >= 0.3 is 6.03 Å². The molecule has 0 bridgehead atoms. The van der Waals surface area contributed by atoms with Gasteiger partial charge in [-0.3, -0.25) is 0 Å². The standard InChI is InChI=1S/C16H17ClN2O2/c1-10-4-7-15(21-3)14(8-10)19-16(20)18-12-6-5-11(2)13(17)9-12/h4-9H,1-3H3,(H2,18,19,20). The van der Waals surface area contributed by atoms with E-state index in [0.717, 1.165) is 11.1 Å². The van der Waals surface area contributed by atoms with Crippen LogP contribution in [0.15, 0.2) is 36.4 Å². The van der Waals surface area contributed by atoms with Gasteiger partial charge in [0, 0.05) is 10.7 Å². The molecule has 2 N–H and O–H groups in total. The van der Waals surface area contributed by atoms with Gasteiger partial charge in [-0.25, -0.2) is 4.79 Å². The molecule has 2 amide bonds. The van der Waals surface area contributed by atoms with Crippen molar-refractivity contribution in [3.05, 3.63) is 52.5 Å². The van der Waals surface area contributed by atoms with Crippen LogP contribution in [0.1, 0.15) is 11.1 Å². The molecule has 0 heterocycles. The van der Waals surface area contributed by atoms with Gasteiger partial charge in [-0.05, 0) is 49.2 Å². The SMILES string of the molecule is COc1ccc(C)cc1NC(=O)Nc1ccc(C)c(Cl)c1. The number of urea groups is 1. The van der Waals surface area contributed by atoms with E-state index >= 15 is 0 Å². The number of amides is 2. The molecule has 0 aliphatic carbocycles. The van der Waals surface area contributed by atoms with Crippen molar-refractivity contribution in [3.8, 4) is 5.75 Å². The third-order valence-corrected chi connectivity index (χ3v) is 3.44. The Morgan fingerprint density at radius 2 is 1.86 bits per heavy atom. The second kappa shape index (κ2) is 6.50. The Balaban J connectivity index is 2.11. The van der Waals surface area contributed by atoms with Gasteiger partial charge in [-0.1, -0.05) is 23.7 Å². The van der Waals surface area contributed by atoms with Crippen molar-refractivity contribution in [1.82, 2.24) is 0 Å². The van der Waals surface area contributed by atoms with Gasteiger partial charge in [0.2, 0.25) is 0 Å². The molecular weight excluding hydrogens is 288 g/mol. The van der Waals surface area contributed by atoms with E-state index < -0.39 is 0 Å². The minimum Gasteiger partial charge on any atom is -0.495 e. The van der Waals surface area contributed by atoms with Crippen LogP contribution < -0.4 is 15.4 Å². The summed E-state index contributed by atoms with van der Waals surface area (Å²) in [5.41, 5.74) is 3.25. The zero-order chi connectivity index (χ0) is 15.4. The van der Waals surface area contributed by atoms with Gasteiger partial charge in [-0.2, -0.15) is 0 Å². The molecular formula is C16H17ClN2O2. The van der Waals surface area contributed by atoms with E-state index in [1.807, 2.05) is 38.1 Å². The van der Waals surface area contributed by atoms with Crippen LogP contribution in [0.3, 0.4) is 0 Å². The molecule has 110 valence electrons. The molecule has 5 heteroatoms. The Hall–Kier alpha value is -2.20. The van der Waals surface area contributed by atoms with Gasteiger partial charge in [0.05, 0.1) is 12.8 Å². The average molecular weight is 305 g/mol. The Morgan fingerprint density at radius 1 is 1.10 bits per heavy atom. The molecule has 0 atom stereocenters. The van der Waals surface area contributed by atoms with Crippen molar-refractivity contribution >= 4 is 29.0 Å². The predicted molar refractivity (Wildman–Crippen MR) is 86.6 cm³/mol. The Kier molecular flexibility index (Phi) is 4.70. The van der Waals surface area contributed by atoms with Crippen molar-refractivity contribution in [2.75, 3.05) is 17.7 Å². The summed E-state index contributed by atoms with van der Waals surface area (Å²) in [6.45, 7) is 3.85. The lowest BCUT2D eigenvalue weighted by atomic mass is 10.2. The topological polar surface area (TPSA) is 50.4 Å². The number of nitrogens with one attached hydrogen (secondary N) is 2. The van der Waals surface area contributed by atoms with E-state index in [-0.39, 0.29) is 6.03 Å². The second-order valence-corrected chi connectivity index (χ2v) is 5.15. The van der Waals surface area contributed by atoms with Gasteiger partial charge in [0.1, 0.15) is 5.75 Å². The number of carbonyl (C=O) groups excluding carboxylic acids is 1. The molecule has 21 heavy (non-hydrogen) atoms. The molecule has 0 radical (unpaired) electrons. The number of hydrogen-bond donors (Lipinski definition) is 2. The van der Waals surface area contributed by atoms with Crippen molar-refractivity contribution < 1.29 is 9.53 Å². The fourth-order valence-corrected chi connectivity index (χ4v) is 2.06. The van der Waals surface area contributed by atoms with Gasteiger partial charge in [0.25, 0.3) is 0 Å². The lowest BCUT2D eigenvalue weighted by molar-refractivity contribution is 0.262. The van der Waals surface area contributed by atoms with E-state index in [2.05, 4.69) is 10.6 Å². The van der Waals surface area contributed by atoms with Crippen LogP contribution in [0.2, 0.25) is 5.02 Å². The maximum Gasteiger partial charge on any atom is 0.323 e. The summed E-state index contributed by atoms with van der Waals surface area (Å²) >= 11 is 6.03. The fourth-order valence-electron chi connectivity index (χ4n) is 1.87. The molecule has 0 saturated heterocycles. The maximum atomic E-state index is 12.0. The first kappa shape index (κ1) is 15.2. The number of aryl methyl sites for hydroxylation is 2. The van der Waals surface area contributed by atoms with E-state index in [0.29, 0.717) is 22.1 Å². The molecule has 2 aromatic carbocycles. The number of hydrogen-bond acceptors (Lipinski definition) is 2. The molecule has 2 aromatic rings. The zero-order valence-corrected chi connectivity index (χ0v) is 12.9. The molecule has 0 spiro atoms. The van der Waals surface area contributed by atoms with Crippen LogP contribution in [-0.4, -0.2) is 13.1 Å². The summed E-state index contributed by atoms with van der Waals surface area (Å²) in [7, 11) is 1.56. The molecule has 0 aliphatic rings. The third-order valence-electron chi connectivity index (χ3n) is 3.03. The van der Waals surface area contributed by atoms with Gasteiger partial charge < -0.3 is 15.4 Å². The van der Waals surface area contributed by atoms with E-state index in [1.165, 1.54) is 0 Å². The Morgan fingerprint density at radius 3 is 2.52 bits per heavy atom. The number of benzene rings is 2. The molecule has 4 nitrogen and oxygen atoms in total. The predicted octanol–water partition coefficient (Wildman–Crippen LogP) is 4.61. The monoisotopic (exact) mass is 304 g/mol. The van der Waals surface area contributed by atoms with Crippen molar-refractivity contribution in [1.29, 1.82) is 0 Å². The normalized spacial score (nSPS) is 10.1. The molecule has 0 aromatic heterocycles. The average Bonchev–Trinajstić information content (AvgIpc) is 2.43. The number of anilines is 2. The number of rotatable bonds is 3. The first-order valence-electron chi connectivity index (χ1n) is 6.48. The minimum atomic E-state index is -0.348. The summed E-state index contributed by atoms with van der Waals surface area (Å²) in [6, 6.07) is 10.6. The highest BCUT2D eigenvalue weighted by Gasteiger charge is 2.08. The second-order valence-electron chi connectivity index (χ2n) is 4.75. The zero-order valence-electron chi connectivity index (χ0n) is 12.2. The first-order valence-corrected chi connectivity index (χ1v) is 6.86. The summed E-state index contributed by atoms with van der Waals surface area (Å²) in [4.78, 5) is 12.0. The Labute approximate surface area is 129 Å². The minimum absolute atomic E-state index is 0.348. The highest BCUT2D eigenvalue weighted by Crippen LogP contribution is 2.25. The Bertz CT molecular complexity index is 671. The lowest BCUT2D eigenvalue weighted by Gasteiger charge is -2.12. The highest BCUT2D eigenvalue weighted by molar-refractivity contribution is 6.31. The van der Waals surface area contributed by atoms with Crippen molar-refractivity contribution in [2.45, 2.75) is 13.8 Å². The maximum absolute atomic E-state index is 12.0. The van der Waals surface area contributed by atoms with Crippen molar-refractivity contribution in [3.63, 3.8) is 0 Å². The van der Waals surface area contributed by atoms with Crippen LogP contribution in [0, 0.1) is 13.8 Å². The van der Waals surface area contributed by atoms with Crippen LogP contribution >= 0.6 is 11.6 Å². The van der Waals surface area contributed by atoms with Crippen LogP contribution in [0.4, 0.5) is 16.2 Å². The summed E-state index contributed by atoms with van der Waals surface area (Å²) in [6.07, 6.45) is 0. The molecule has 0 fully saturated rings. The molecule has 0 saturated carbocycles. The number of ether oxygens (including phenoxy) is 1. The van der Waals surface area contributed by atoms with E-state index in [1.54, 1.807) is 19.2 Å². The molecule has 2 rings (SSSR count). The number of carbonyl (C=O) groups is 1. The largest absolute Gasteiger partial charge is 0.495 e. The summed E-state index contributed by atoms with van der Waals surface area (Å²) in [5, 5.41) is 6.12.